The Morgan fingerprint density at radius 1 is 1.05 bits per heavy atom. The number of aromatic nitrogens is 1. The Morgan fingerprint density at radius 3 is 2.35 bits per heavy atom. The van der Waals surface area contributed by atoms with E-state index < -0.39 is 16.7 Å². The molecular formula is C13H7N3O4. The van der Waals surface area contributed by atoms with Gasteiger partial charge in [-0.15, -0.1) is 0 Å². The van der Waals surface area contributed by atoms with Gasteiger partial charge in [-0.25, -0.2) is 4.90 Å². The molecule has 0 N–H and O–H groups in total. The SMILES string of the molecule is O=C1c2cccnc2C(=O)N1c1ccc([N+](=O)[O-])cc1. The van der Waals surface area contributed by atoms with Crippen LogP contribution in [-0.2, 0) is 0 Å². The number of rotatable bonds is 2. The molecule has 2 amide bonds. The number of non-ortho nitro benzene ring substituents is 1. The van der Waals surface area contributed by atoms with Gasteiger partial charge in [-0.1, -0.05) is 0 Å². The fourth-order valence-corrected chi connectivity index (χ4v) is 2.02. The average molecular weight is 269 g/mol. The van der Waals surface area contributed by atoms with E-state index in [9.17, 15) is 19.7 Å². The van der Waals surface area contributed by atoms with E-state index in [4.69, 9.17) is 0 Å². The maximum Gasteiger partial charge on any atom is 0.284 e. The molecule has 20 heavy (non-hydrogen) atoms. The van der Waals surface area contributed by atoms with Crippen molar-refractivity contribution in [2.75, 3.05) is 4.90 Å². The molecule has 0 radical (unpaired) electrons. The lowest BCUT2D eigenvalue weighted by Gasteiger charge is -2.12. The molecule has 1 aliphatic rings. The minimum absolute atomic E-state index is 0.0934. The number of nitro benzene ring substituents is 1. The van der Waals surface area contributed by atoms with E-state index in [1.165, 1.54) is 36.5 Å². The second kappa shape index (κ2) is 4.23. The van der Waals surface area contributed by atoms with E-state index >= 15 is 0 Å². The molecule has 0 aliphatic carbocycles. The van der Waals surface area contributed by atoms with E-state index in [0.29, 0.717) is 0 Å². The second-order valence-electron chi connectivity index (χ2n) is 4.12. The zero-order valence-electron chi connectivity index (χ0n) is 10.0. The number of nitrogens with zero attached hydrogens (tertiary/aromatic N) is 3. The summed E-state index contributed by atoms with van der Waals surface area (Å²) in [6.07, 6.45) is 1.43. The Hall–Kier alpha value is -3.09. The number of anilines is 1. The highest BCUT2D eigenvalue weighted by molar-refractivity contribution is 6.33. The maximum atomic E-state index is 12.2. The number of fused-ring (bicyclic) bond motifs is 1. The number of imide groups is 1. The quantitative estimate of drug-likeness (QED) is 0.470. The van der Waals surface area contributed by atoms with Crippen molar-refractivity contribution in [1.82, 2.24) is 4.98 Å². The molecule has 0 saturated carbocycles. The van der Waals surface area contributed by atoms with Crippen molar-refractivity contribution >= 4 is 23.2 Å². The Bertz CT molecular complexity index is 705. The van der Waals surface area contributed by atoms with Gasteiger partial charge in [0.25, 0.3) is 17.5 Å². The zero-order chi connectivity index (χ0) is 14.3. The zero-order valence-corrected chi connectivity index (χ0v) is 10.0. The van der Waals surface area contributed by atoms with Crippen LogP contribution in [0.4, 0.5) is 11.4 Å². The summed E-state index contributed by atoms with van der Waals surface area (Å²) in [5, 5.41) is 10.6. The van der Waals surface area contributed by atoms with E-state index in [2.05, 4.69) is 4.98 Å². The van der Waals surface area contributed by atoms with E-state index in [0.717, 1.165) is 4.90 Å². The van der Waals surface area contributed by atoms with Gasteiger partial charge in [-0.2, -0.15) is 0 Å². The van der Waals surface area contributed by atoms with Crippen molar-refractivity contribution in [2.24, 2.45) is 0 Å². The molecular weight excluding hydrogens is 262 g/mol. The van der Waals surface area contributed by atoms with Gasteiger partial charge in [-0.05, 0) is 24.3 Å². The molecule has 0 spiro atoms. The standard InChI is InChI=1S/C13H7N3O4/c17-12-10-2-1-7-14-11(10)13(18)15(12)8-3-5-9(6-4-8)16(19)20/h1-7H. The summed E-state index contributed by atoms with van der Waals surface area (Å²) in [7, 11) is 0. The molecule has 0 unspecified atom stereocenters. The predicted octanol–water partition coefficient (Wildman–Crippen LogP) is 1.79. The highest BCUT2D eigenvalue weighted by Gasteiger charge is 2.37. The minimum Gasteiger partial charge on any atom is -0.268 e. The van der Waals surface area contributed by atoms with Crippen LogP contribution in [0.2, 0.25) is 0 Å². The third-order valence-corrected chi connectivity index (χ3v) is 2.97. The lowest BCUT2D eigenvalue weighted by molar-refractivity contribution is -0.384. The highest BCUT2D eigenvalue weighted by Crippen LogP contribution is 2.28. The number of carbonyl (C=O) groups is 2. The molecule has 98 valence electrons. The van der Waals surface area contributed by atoms with Gasteiger partial charge in [-0.3, -0.25) is 24.7 Å². The van der Waals surface area contributed by atoms with Crippen LogP contribution in [0, 0.1) is 10.1 Å². The summed E-state index contributed by atoms with van der Waals surface area (Å²) in [6.45, 7) is 0. The molecule has 0 fully saturated rings. The van der Waals surface area contributed by atoms with Gasteiger partial charge in [0.15, 0.2) is 0 Å². The van der Waals surface area contributed by atoms with Crippen molar-refractivity contribution in [3.8, 4) is 0 Å². The van der Waals surface area contributed by atoms with E-state index in [-0.39, 0.29) is 22.6 Å². The number of nitro groups is 1. The summed E-state index contributed by atoms with van der Waals surface area (Å²) in [5.41, 5.74) is 0.499. The third-order valence-electron chi connectivity index (χ3n) is 2.97. The van der Waals surface area contributed by atoms with Crippen LogP contribution in [0.5, 0.6) is 0 Å². The molecule has 7 heteroatoms. The van der Waals surface area contributed by atoms with Crippen LogP contribution < -0.4 is 4.90 Å². The minimum atomic E-state index is -0.548. The molecule has 0 atom stereocenters. The van der Waals surface area contributed by atoms with Crippen LogP contribution in [0.1, 0.15) is 20.8 Å². The van der Waals surface area contributed by atoms with Crippen molar-refractivity contribution in [2.45, 2.75) is 0 Å². The first kappa shape index (κ1) is 12.0. The van der Waals surface area contributed by atoms with Crippen LogP contribution in [0.25, 0.3) is 0 Å². The second-order valence-corrected chi connectivity index (χ2v) is 4.12. The molecule has 3 rings (SSSR count). The molecule has 1 aromatic carbocycles. The van der Waals surface area contributed by atoms with E-state index in [1.807, 2.05) is 0 Å². The topological polar surface area (TPSA) is 93.4 Å². The maximum absolute atomic E-state index is 12.2. The number of amides is 2. The molecule has 7 nitrogen and oxygen atoms in total. The predicted molar refractivity (Wildman–Crippen MR) is 68.5 cm³/mol. The van der Waals surface area contributed by atoms with Crippen LogP contribution in [0.3, 0.4) is 0 Å². The summed E-state index contributed by atoms with van der Waals surface area (Å²) in [4.78, 5) is 39.2. The monoisotopic (exact) mass is 269 g/mol. The number of pyridine rings is 1. The van der Waals surface area contributed by atoms with Crippen molar-refractivity contribution in [1.29, 1.82) is 0 Å². The van der Waals surface area contributed by atoms with Crippen molar-refractivity contribution < 1.29 is 14.5 Å². The largest absolute Gasteiger partial charge is 0.284 e. The number of carbonyl (C=O) groups excluding carboxylic acids is 2. The third kappa shape index (κ3) is 1.64. The van der Waals surface area contributed by atoms with Gasteiger partial charge < -0.3 is 0 Å². The first-order valence-electron chi connectivity index (χ1n) is 5.68. The average Bonchev–Trinajstić information content (AvgIpc) is 2.72. The molecule has 2 heterocycles. The molecule has 2 aromatic rings. The Balaban J connectivity index is 2.02. The lowest BCUT2D eigenvalue weighted by Crippen LogP contribution is -2.29. The van der Waals surface area contributed by atoms with Gasteiger partial charge in [0.05, 0.1) is 16.2 Å². The number of hydrogen-bond acceptors (Lipinski definition) is 5. The number of benzene rings is 1. The Morgan fingerprint density at radius 2 is 1.75 bits per heavy atom. The van der Waals surface area contributed by atoms with Gasteiger partial charge in [0.2, 0.25) is 0 Å². The normalized spacial score (nSPS) is 13.5. The fourth-order valence-electron chi connectivity index (χ4n) is 2.02. The number of hydrogen-bond donors (Lipinski definition) is 0. The van der Waals surface area contributed by atoms with E-state index in [1.54, 1.807) is 6.07 Å². The smallest absolute Gasteiger partial charge is 0.268 e. The molecule has 1 aliphatic heterocycles. The summed E-state index contributed by atoms with van der Waals surface area (Å²) in [5.74, 6) is -1.01. The van der Waals surface area contributed by atoms with Gasteiger partial charge >= 0.3 is 0 Å². The Kier molecular flexibility index (Phi) is 2.53. The van der Waals surface area contributed by atoms with Crippen LogP contribution in [-0.4, -0.2) is 21.7 Å². The van der Waals surface area contributed by atoms with Gasteiger partial charge in [0, 0.05) is 18.3 Å². The Labute approximate surface area is 112 Å². The summed E-state index contributed by atoms with van der Waals surface area (Å²) < 4.78 is 0. The fraction of sp³-hybridized carbons (Fsp3) is 0. The molecule has 1 aromatic heterocycles. The van der Waals surface area contributed by atoms with Crippen molar-refractivity contribution in [3.63, 3.8) is 0 Å². The van der Waals surface area contributed by atoms with Crippen molar-refractivity contribution in [3.05, 3.63) is 64.0 Å². The lowest BCUT2D eigenvalue weighted by atomic mass is 10.2. The van der Waals surface area contributed by atoms with Crippen LogP contribution in [0.15, 0.2) is 42.6 Å². The van der Waals surface area contributed by atoms with Crippen LogP contribution >= 0.6 is 0 Å². The molecule has 0 bridgehead atoms. The first-order chi connectivity index (χ1) is 9.59. The highest BCUT2D eigenvalue weighted by atomic mass is 16.6. The summed E-state index contributed by atoms with van der Waals surface area (Å²) >= 11 is 0. The first-order valence-corrected chi connectivity index (χ1v) is 5.68. The summed E-state index contributed by atoms with van der Waals surface area (Å²) in [6, 6.07) is 8.30. The van der Waals surface area contributed by atoms with Gasteiger partial charge in [0.1, 0.15) is 5.69 Å². The molecule has 0 saturated heterocycles.